The smallest absolute Gasteiger partial charge is 0.261 e. The van der Waals surface area contributed by atoms with Crippen LogP contribution in [0.25, 0.3) is 0 Å². The van der Waals surface area contributed by atoms with Gasteiger partial charge in [-0.2, -0.15) is 0 Å². The Balaban J connectivity index is 1.66. The molecule has 0 heterocycles. The Kier molecular flexibility index (Phi) is 5.75. The van der Waals surface area contributed by atoms with E-state index in [2.05, 4.69) is 10.0 Å². The molecule has 0 unspecified atom stereocenters. The number of sulfonamides is 1. The van der Waals surface area contributed by atoms with E-state index in [9.17, 15) is 17.6 Å². The molecule has 5 nitrogen and oxygen atoms in total. The number of amides is 1. The maximum atomic E-state index is 13.2. The molecule has 0 aliphatic heterocycles. The first-order chi connectivity index (χ1) is 13.3. The van der Waals surface area contributed by atoms with E-state index in [1.807, 2.05) is 19.1 Å². The van der Waals surface area contributed by atoms with E-state index in [4.69, 9.17) is 0 Å². The molecule has 3 aromatic carbocycles. The van der Waals surface area contributed by atoms with Crippen LogP contribution < -0.4 is 10.0 Å². The number of benzene rings is 3. The quantitative estimate of drug-likeness (QED) is 0.662. The van der Waals surface area contributed by atoms with Gasteiger partial charge in [0.25, 0.3) is 15.9 Å². The first-order valence-electron chi connectivity index (χ1n) is 8.56. The highest BCUT2D eigenvalue weighted by Gasteiger charge is 2.15. The van der Waals surface area contributed by atoms with E-state index in [0.717, 1.165) is 5.56 Å². The molecule has 1 amide bonds. The van der Waals surface area contributed by atoms with Gasteiger partial charge < -0.3 is 5.32 Å². The van der Waals surface area contributed by atoms with E-state index in [-0.39, 0.29) is 23.2 Å². The second kappa shape index (κ2) is 8.22. The third-order valence-corrected chi connectivity index (χ3v) is 5.47. The van der Waals surface area contributed by atoms with Crippen molar-refractivity contribution in [1.29, 1.82) is 0 Å². The molecular weight excluding hydrogens is 379 g/mol. The molecule has 0 saturated heterocycles. The lowest BCUT2D eigenvalue weighted by Gasteiger charge is -2.09. The first kappa shape index (κ1) is 19.6. The Morgan fingerprint density at radius 2 is 1.64 bits per heavy atom. The fourth-order valence-electron chi connectivity index (χ4n) is 2.55. The molecule has 0 aliphatic rings. The Hall–Kier alpha value is -3.19. The van der Waals surface area contributed by atoms with Crippen molar-refractivity contribution in [2.45, 2.75) is 18.4 Å². The highest BCUT2D eigenvalue weighted by Crippen LogP contribution is 2.17. The highest BCUT2D eigenvalue weighted by atomic mass is 32.2. The summed E-state index contributed by atoms with van der Waals surface area (Å²) < 4.78 is 40.6. The molecule has 0 fully saturated rings. The molecule has 0 aliphatic carbocycles. The molecule has 0 radical (unpaired) electrons. The van der Waals surface area contributed by atoms with Crippen molar-refractivity contribution in [2.24, 2.45) is 0 Å². The van der Waals surface area contributed by atoms with Gasteiger partial charge in [-0.3, -0.25) is 9.52 Å². The lowest BCUT2D eigenvalue weighted by molar-refractivity contribution is 0.0950. The molecule has 3 rings (SSSR count). The third-order valence-electron chi connectivity index (χ3n) is 4.07. The minimum atomic E-state index is -3.75. The molecule has 28 heavy (non-hydrogen) atoms. The number of carbonyl (C=O) groups excluding carboxylic acids is 1. The number of hydrogen-bond acceptors (Lipinski definition) is 3. The van der Waals surface area contributed by atoms with Gasteiger partial charge in [0.2, 0.25) is 0 Å². The summed E-state index contributed by atoms with van der Waals surface area (Å²) in [6.45, 7) is 2.09. The van der Waals surface area contributed by atoms with Crippen LogP contribution in [0.1, 0.15) is 21.5 Å². The van der Waals surface area contributed by atoms with Gasteiger partial charge in [0.15, 0.2) is 0 Å². The normalized spacial score (nSPS) is 11.1. The molecule has 0 atom stereocenters. The summed E-state index contributed by atoms with van der Waals surface area (Å²) in [7, 11) is -3.75. The first-order valence-corrected chi connectivity index (χ1v) is 10.0. The van der Waals surface area contributed by atoms with E-state index in [1.165, 1.54) is 36.4 Å². The van der Waals surface area contributed by atoms with Gasteiger partial charge in [-0.15, -0.1) is 0 Å². The van der Waals surface area contributed by atoms with E-state index in [0.29, 0.717) is 16.8 Å². The van der Waals surface area contributed by atoms with Crippen molar-refractivity contribution in [3.8, 4) is 0 Å². The summed E-state index contributed by atoms with van der Waals surface area (Å²) in [5, 5.41) is 2.68. The fourth-order valence-corrected chi connectivity index (χ4v) is 3.61. The maximum absolute atomic E-state index is 13.2. The summed E-state index contributed by atoms with van der Waals surface area (Å²) in [6, 6.07) is 18.5. The molecule has 7 heteroatoms. The Labute approximate surface area is 163 Å². The van der Waals surface area contributed by atoms with E-state index < -0.39 is 10.0 Å². The Bertz CT molecular complexity index is 1080. The van der Waals surface area contributed by atoms with Gasteiger partial charge in [0, 0.05) is 17.8 Å². The molecular formula is C21H19FN2O3S. The lowest BCUT2D eigenvalue weighted by Crippen LogP contribution is -2.23. The van der Waals surface area contributed by atoms with Gasteiger partial charge in [0.05, 0.1) is 4.90 Å². The molecule has 0 saturated carbocycles. The Morgan fingerprint density at radius 3 is 2.29 bits per heavy atom. The molecule has 0 bridgehead atoms. The largest absolute Gasteiger partial charge is 0.348 e. The SMILES string of the molecule is Cc1ccc(NS(=O)(=O)c2ccc(C(=O)NCc3cccc(F)c3)cc2)cc1. The van der Waals surface area contributed by atoms with Crippen LogP contribution in [0, 0.1) is 12.7 Å². The average Bonchev–Trinajstić information content (AvgIpc) is 2.68. The maximum Gasteiger partial charge on any atom is 0.261 e. The number of halogens is 1. The Morgan fingerprint density at radius 1 is 0.964 bits per heavy atom. The zero-order valence-electron chi connectivity index (χ0n) is 15.1. The number of anilines is 1. The van der Waals surface area contributed by atoms with Gasteiger partial charge in [0.1, 0.15) is 5.82 Å². The second-order valence-electron chi connectivity index (χ2n) is 6.31. The van der Waals surface area contributed by atoms with Crippen molar-refractivity contribution in [3.63, 3.8) is 0 Å². The number of rotatable bonds is 6. The standard InChI is InChI=1S/C21H19FN2O3S/c1-15-5-9-19(10-6-15)24-28(26,27)20-11-7-17(8-12-20)21(25)23-14-16-3-2-4-18(22)13-16/h2-13,24H,14H2,1H3,(H,23,25). The van der Waals surface area contributed by atoms with Crippen LogP contribution >= 0.6 is 0 Å². The summed E-state index contributed by atoms with van der Waals surface area (Å²) in [5.41, 5.74) is 2.43. The predicted octanol–water partition coefficient (Wildman–Crippen LogP) is 3.86. The average molecular weight is 398 g/mol. The van der Waals surface area contributed by atoms with Crippen LogP contribution in [-0.4, -0.2) is 14.3 Å². The zero-order valence-corrected chi connectivity index (χ0v) is 16.0. The summed E-state index contributed by atoms with van der Waals surface area (Å²) >= 11 is 0. The number of nitrogens with one attached hydrogen (secondary N) is 2. The van der Waals surface area contributed by atoms with Gasteiger partial charge in [-0.25, -0.2) is 12.8 Å². The third kappa shape index (κ3) is 4.95. The summed E-state index contributed by atoms with van der Waals surface area (Å²) in [4.78, 5) is 12.3. The van der Waals surface area contributed by atoms with Crippen molar-refractivity contribution >= 4 is 21.6 Å². The van der Waals surface area contributed by atoms with Gasteiger partial charge >= 0.3 is 0 Å². The minimum Gasteiger partial charge on any atom is -0.348 e. The van der Waals surface area contributed by atoms with E-state index >= 15 is 0 Å². The van der Waals surface area contributed by atoms with Crippen molar-refractivity contribution < 1.29 is 17.6 Å². The highest BCUT2D eigenvalue weighted by molar-refractivity contribution is 7.92. The summed E-state index contributed by atoms with van der Waals surface area (Å²) in [5.74, 6) is -0.748. The van der Waals surface area contributed by atoms with Crippen LogP contribution in [0.5, 0.6) is 0 Å². The van der Waals surface area contributed by atoms with Gasteiger partial charge in [-0.1, -0.05) is 29.8 Å². The minimum absolute atomic E-state index is 0.0507. The summed E-state index contributed by atoms with van der Waals surface area (Å²) in [6.07, 6.45) is 0. The number of hydrogen-bond donors (Lipinski definition) is 2. The molecule has 144 valence electrons. The molecule has 3 aromatic rings. The monoisotopic (exact) mass is 398 g/mol. The van der Waals surface area contributed by atoms with Crippen LogP contribution in [-0.2, 0) is 16.6 Å². The van der Waals surface area contributed by atoms with Crippen LogP contribution in [0.15, 0.2) is 77.7 Å². The van der Waals surface area contributed by atoms with Crippen molar-refractivity contribution in [2.75, 3.05) is 4.72 Å². The molecule has 2 N–H and O–H groups in total. The van der Waals surface area contributed by atoms with Gasteiger partial charge in [-0.05, 0) is 61.0 Å². The predicted molar refractivity (Wildman–Crippen MR) is 106 cm³/mol. The van der Waals surface area contributed by atoms with Crippen molar-refractivity contribution in [1.82, 2.24) is 5.32 Å². The number of aryl methyl sites for hydroxylation is 1. The topological polar surface area (TPSA) is 75.3 Å². The van der Waals surface area contributed by atoms with Crippen molar-refractivity contribution in [3.05, 3.63) is 95.3 Å². The van der Waals surface area contributed by atoms with Crippen LogP contribution in [0.3, 0.4) is 0 Å². The second-order valence-corrected chi connectivity index (χ2v) is 7.99. The molecule has 0 aromatic heterocycles. The fraction of sp³-hybridized carbons (Fsp3) is 0.0952. The zero-order chi connectivity index (χ0) is 20.1. The van der Waals surface area contributed by atoms with Crippen LogP contribution in [0.4, 0.5) is 10.1 Å². The lowest BCUT2D eigenvalue weighted by atomic mass is 10.2. The molecule has 0 spiro atoms. The number of carbonyl (C=O) groups is 1. The van der Waals surface area contributed by atoms with E-state index in [1.54, 1.807) is 24.3 Å². The van der Waals surface area contributed by atoms with Crippen LogP contribution in [0.2, 0.25) is 0 Å².